The lowest BCUT2D eigenvalue weighted by molar-refractivity contribution is 0.112. The lowest BCUT2D eigenvalue weighted by atomic mass is 10.1. The predicted molar refractivity (Wildman–Crippen MR) is 74.5 cm³/mol. The number of halogens is 1. The molecule has 0 saturated carbocycles. The maximum Gasteiger partial charge on any atom is 0.161 e. The van der Waals surface area contributed by atoms with Gasteiger partial charge in [-0.25, -0.2) is 0 Å². The Labute approximate surface area is 110 Å². The monoisotopic (exact) mass is 302 g/mol. The van der Waals surface area contributed by atoms with Gasteiger partial charge < -0.3 is 0 Å². The maximum atomic E-state index is 10.7. The molecule has 0 spiro atoms. The molecule has 0 fully saturated rings. The van der Waals surface area contributed by atoms with Gasteiger partial charge in [0.1, 0.15) is 0 Å². The van der Waals surface area contributed by atoms with E-state index in [2.05, 4.69) is 28.9 Å². The smallest absolute Gasteiger partial charge is 0.161 e. The molecule has 16 heavy (non-hydrogen) atoms. The highest BCUT2D eigenvalue weighted by Crippen LogP contribution is 2.27. The fourth-order valence-corrected chi connectivity index (χ4v) is 3.39. The van der Waals surface area contributed by atoms with E-state index < -0.39 is 0 Å². The SMILES string of the molecule is CCCCCCCCc1cc(Br)c(C=O)s1. The van der Waals surface area contributed by atoms with Crippen LogP contribution in [0.4, 0.5) is 0 Å². The zero-order chi connectivity index (χ0) is 11.8. The molecule has 0 atom stereocenters. The summed E-state index contributed by atoms with van der Waals surface area (Å²) in [7, 11) is 0. The number of aryl methyl sites for hydroxylation is 1. The normalized spacial score (nSPS) is 10.6. The van der Waals surface area contributed by atoms with Crippen LogP contribution in [0.2, 0.25) is 0 Å². The fraction of sp³-hybridized carbons (Fsp3) is 0.615. The van der Waals surface area contributed by atoms with Gasteiger partial charge in [-0.2, -0.15) is 0 Å². The van der Waals surface area contributed by atoms with Crippen LogP contribution in [-0.4, -0.2) is 6.29 Å². The molecule has 0 amide bonds. The highest BCUT2D eigenvalue weighted by atomic mass is 79.9. The first-order valence-electron chi connectivity index (χ1n) is 6.01. The Kier molecular flexibility index (Phi) is 6.97. The summed E-state index contributed by atoms with van der Waals surface area (Å²) in [4.78, 5) is 12.8. The van der Waals surface area contributed by atoms with Gasteiger partial charge in [-0.15, -0.1) is 11.3 Å². The van der Waals surface area contributed by atoms with Crippen LogP contribution in [0.25, 0.3) is 0 Å². The Balaban J connectivity index is 2.19. The zero-order valence-electron chi connectivity index (χ0n) is 9.80. The summed E-state index contributed by atoms with van der Waals surface area (Å²) < 4.78 is 0.952. The Hall–Kier alpha value is -0.150. The molecule has 0 aromatic carbocycles. The number of carbonyl (C=O) groups excluding carboxylic acids is 1. The van der Waals surface area contributed by atoms with Crippen LogP contribution < -0.4 is 0 Å². The van der Waals surface area contributed by atoms with E-state index in [-0.39, 0.29) is 0 Å². The summed E-state index contributed by atoms with van der Waals surface area (Å²) in [6.45, 7) is 2.24. The van der Waals surface area contributed by atoms with E-state index in [1.165, 1.54) is 43.4 Å². The summed E-state index contributed by atoms with van der Waals surface area (Å²) in [5.74, 6) is 0. The Morgan fingerprint density at radius 2 is 1.94 bits per heavy atom. The van der Waals surface area contributed by atoms with Gasteiger partial charge in [-0.05, 0) is 34.8 Å². The van der Waals surface area contributed by atoms with Crippen molar-refractivity contribution in [2.75, 3.05) is 0 Å². The molecular weight excluding hydrogens is 284 g/mol. The third kappa shape index (κ3) is 4.79. The van der Waals surface area contributed by atoms with E-state index in [9.17, 15) is 4.79 Å². The van der Waals surface area contributed by atoms with Gasteiger partial charge in [0.2, 0.25) is 0 Å². The largest absolute Gasteiger partial charge is 0.297 e. The van der Waals surface area contributed by atoms with E-state index in [0.29, 0.717) is 0 Å². The maximum absolute atomic E-state index is 10.7. The van der Waals surface area contributed by atoms with Crippen molar-refractivity contribution in [3.63, 3.8) is 0 Å². The summed E-state index contributed by atoms with van der Waals surface area (Å²) >= 11 is 5.01. The first-order chi connectivity index (χ1) is 7.77. The van der Waals surface area contributed by atoms with Crippen LogP contribution in [0.1, 0.15) is 60.0 Å². The van der Waals surface area contributed by atoms with Gasteiger partial charge in [-0.1, -0.05) is 39.0 Å². The van der Waals surface area contributed by atoms with E-state index in [4.69, 9.17) is 0 Å². The van der Waals surface area contributed by atoms with Crippen molar-refractivity contribution >= 4 is 33.6 Å². The van der Waals surface area contributed by atoms with E-state index in [1.54, 1.807) is 11.3 Å². The second-order valence-electron chi connectivity index (χ2n) is 4.06. The topological polar surface area (TPSA) is 17.1 Å². The van der Waals surface area contributed by atoms with Gasteiger partial charge in [0, 0.05) is 9.35 Å². The Bertz CT molecular complexity index is 320. The standard InChI is InChI=1S/C13H19BrOS/c1-2-3-4-5-6-7-8-11-9-12(14)13(10-15)16-11/h9-10H,2-8H2,1H3. The molecule has 0 unspecified atom stereocenters. The van der Waals surface area contributed by atoms with Crippen molar-refractivity contribution < 1.29 is 4.79 Å². The second kappa shape index (κ2) is 8.02. The third-order valence-electron chi connectivity index (χ3n) is 2.65. The first-order valence-corrected chi connectivity index (χ1v) is 7.62. The number of carbonyl (C=O) groups is 1. The van der Waals surface area contributed by atoms with Gasteiger partial charge in [0.25, 0.3) is 0 Å². The molecule has 3 heteroatoms. The molecule has 0 N–H and O–H groups in total. The van der Waals surface area contributed by atoms with Crippen molar-refractivity contribution in [2.45, 2.75) is 51.9 Å². The molecule has 1 rings (SSSR count). The molecule has 0 saturated heterocycles. The minimum Gasteiger partial charge on any atom is -0.297 e. The van der Waals surface area contributed by atoms with E-state index in [0.717, 1.165) is 22.1 Å². The summed E-state index contributed by atoms with van der Waals surface area (Å²) in [5.41, 5.74) is 0. The first kappa shape index (κ1) is 13.9. The van der Waals surface area contributed by atoms with E-state index >= 15 is 0 Å². The summed E-state index contributed by atoms with van der Waals surface area (Å²) in [6, 6.07) is 2.08. The quantitative estimate of drug-likeness (QED) is 0.475. The van der Waals surface area contributed by atoms with Crippen LogP contribution in [0.15, 0.2) is 10.5 Å². The molecule has 1 aromatic heterocycles. The van der Waals surface area contributed by atoms with Crippen LogP contribution in [0.5, 0.6) is 0 Å². The number of rotatable bonds is 8. The highest BCUT2D eigenvalue weighted by molar-refractivity contribution is 9.10. The molecule has 0 radical (unpaired) electrons. The van der Waals surface area contributed by atoms with Gasteiger partial charge in [0.05, 0.1) is 4.88 Å². The van der Waals surface area contributed by atoms with Crippen LogP contribution in [0, 0.1) is 0 Å². The van der Waals surface area contributed by atoms with Gasteiger partial charge >= 0.3 is 0 Å². The van der Waals surface area contributed by atoms with Gasteiger partial charge in [-0.3, -0.25) is 4.79 Å². The Morgan fingerprint density at radius 3 is 2.56 bits per heavy atom. The molecule has 0 bridgehead atoms. The lowest BCUT2D eigenvalue weighted by Crippen LogP contribution is -1.82. The molecule has 0 aliphatic heterocycles. The van der Waals surface area contributed by atoms with Crippen LogP contribution in [0.3, 0.4) is 0 Å². The number of unbranched alkanes of at least 4 members (excludes halogenated alkanes) is 5. The average molecular weight is 303 g/mol. The van der Waals surface area contributed by atoms with Crippen molar-refractivity contribution in [2.24, 2.45) is 0 Å². The predicted octanol–water partition coefficient (Wildman–Crippen LogP) is 5.23. The summed E-state index contributed by atoms with van der Waals surface area (Å²) in [5, 5.41) is 0. The van der Waals surface area contributed by atoms with Crippen molar-refractivity contribution in [3.8, 4) is 0 Å². The lowest BCUT2D eigenvalue weighted by Gasteiger charge is -1.98. The highest BCUT2D eigenvalue weighted by Gasteiger charge is 2.05. The number of thiophene rings is 1. The van der Waals surface area contributed by atoms with E-state index in [1.807, 2.05) is 0 Å². The minimum absolute atomic E-state index is 0.820. The number of hydrogen-bond acceptors (Lipinski definition) is 2. The van der Waals surface area contributed by atoms with Crippen molar-refractivity contribution in [1.29, 1.82) is 0 Å². The molecule has 1 nitrogen and oxygen atoms in total. The summed E-state index contributed by atoms with van der Waals surface area (Å²) in [6.07, 6.45) is 9.98. The molecule has 0 aliphatic rings. The molecule has 0 aliphatic carbocycles. The Morgan fingerprint density at radius 1 is 1.25 bits per heavy atom. The second-order valence-corrected chi connectivity index (χ2v) is 6.08. The number of aldehydes is 1. The molecule has 90 valence electrons. The van der Waals surface area contributed by atoms with Gasteiger partial charge in [0.15, 0.2) is 6.29 Å². The minimum atomic E-state index is 0.820. The average Bonchev–Trinajstić information content (AvgIpc) is 2.64. The molecular formula is C13H19BrOS. The van der Waals surface area contributed by atoms with Crippen molar-refractivity contribution in [3.05, 3.63) is 20.3 Å². The van der Waals surface area contributed by atoms with Crippen molar-refractivity contribution in [1.82, 2.24) is 0 Å². The van der Waals surface area contributed by atoms with Crippen LogP contribution >= 0.6 is 27.3 Å². The fourth-order valence-electron chi connectivity index (χ4n) is 1.72. The zero-order valence-corrected chi connectivity index (χ0v) is 12.2. The third-order valence-corrected chi connectivity index (χ3v) is 4.69. The number of hydrogen-bond donors (Lipinski definition) is 0. The van der Waals surface area contributed by atoms with Crippen LogP contribution in [-0.2, 0) is 6.42 Å². The molecule has 1 aromatic rings. The molecule has 1 heterocycles.